The molecule has 3 heterocycles. The summed E-state index contributed by atoms with van der Waals surface area (Å²) >= 11 is 0. The van der Waals surface area contributed by atoms with Gasteiger partial charge in [-0.15, -0.1) is 0 Å². The molecule has 0 aliphatic carbocycles. The Bertz CT molecular complexity index is 2290. The summed E-state index contributed by atoms with van der Waals surface area (Å²) in [6.07, 6.45) is 4.11. The maximum atomic E-state index is 6.60. The molecule has 0 saturated carbocycles. The lowest BCUT2D eigenvalue weighted by molar-refractivity contribution is 0.378. The van der Waals surface area contributed by atoms with E-state index >= 15 is 0 Å². The van der Waals surface area contributed by atoms with E-state index in [4.69, 9.17) is 14.8 Å². The first-order valence-corrected chi connectivity index (χ1v) is 17.3. The number of fused-ring (bicyclic) bond motifs is 3. The predicted molar refractivity (Wildman–Crippen MR) is 204 cm³/mol. The van der Waals surface area contributed by atoms with Crippen LogP contribution in [0.4, 0.5) is 0 Å². The second-order valence-corrected chi connectivity index (χ2v) is 15.5. The molecule has 4 aromatic carbocycles. The minimum absolute atomic E-state index is 0.00317. The Balaban J connectivity index is 1.30. The second kappa shape index (κ2) is 12.4. The van der Waals surface area contributed by atoms with E-state index in [2.05, 4.69) is 145 Å². The van der Waals surface area contributed by atoms with Crippen LogP contribution in [0.25, 0.3) is 44.4 Å². The smallest absolute Gasteiger partial charge is 0.137 e. The van der Waals surface area contributed by atoms with Crippen LogP contribution in [-0.2, 0) is 11.8 Å². The van der Waals surface area contributed by atoms with Crippen molar-refractivity contribution in [1.29, 1.82) is 0 Å². The Morgan fingerprint density at radius 3 is 2.22 bits per heavy atom. The third kappa shape index (κ3) is 6.50. The molecule has 5 nitrogen and oxygen atoms in total. The number of hydrogen-bond acceptors (Lipinski definition) is 3. The SMILES string of the molecule is Cc1nn(-c2cccc(Oc3ccc4c5cc(CCC(C)(C)C)ccc5n(-c5cc(C(C)(C)C)ccn5)c4c3)c2)c(C)c1-c1ccccc1. The third-order valence-corrected chi connectivity index (χ3v) is 9.46. The molecule has 248 valence electrons. The minimum Gasteiger partial charge on any atom is -0.457 e. The van der Waals surface area contributed by atoms with Crippen LogP contribution in [0, 0.1) is 19.3 Å². The van der Waals surface area contributed by atoms with Crippen LogP contribution in [0.5, 0.6) is 11.5 Å². The first kappa shape index (κ1) is 32.4. The molecule has 0 amide bonds. The van der Waals surface area contributed by atoms with Crippen molar-refractivity contribution in [2.24, 2.45) is 5.41 Å². The third-order valence-electron chi connectivity index (χ3n) is 9.46. The molecule has 7 rings (SSSR count). The summed E-state index contributed by atoms with van der Waals surface area (Å²) in [5, 5.41) is 7.34. The van der Waals surface area contributed by atoms with Crippen LogP contribution in [0.2, 0.25) is 0 Å². The molecular weight excluding hydrogens is 601 g/mol. The van der Waals surface area contributed by atoms with Gasteiger partial charge in [-0.1, -0.05) is 84.0 Å². The molecular formula is C44H46N4O. The number of aromatic nitrogens is 4. The molecule has 0 atom stereocenters. The lowest BCUT2D eigenvalue weighted by atomic mass is 9.88. The summed E-state index contributed by atoms with van der Waals surface area (Å²) in [5.74, 6) is 2.44. The van der Waals surface area contributed by atoms with Crippen molar-refractivity contribution in [3.05, 3.63) is 132 Å². The van der Waals surface area contributed by atoms with Crippen LogP contribution in [0.3, 0.4) is 0 Å². The Hall–Kier alpha value is -5.16. The van der Waals surface area contributed by atoms with Crippen LogP contribution >= 0.6 is 0 Å². The summed E-state index contributed by atoms with van der Waals surface area (Å²) in [4.78, 5) is 4.90. The average molecular weight is 647 g/mol. The molecule has 0 N–H and O–H groups in total. The number of rotatable bonds is 7. The summed E-state index contributed by atoms with van der Waals surface area (Å²) < 4.78 is 10.9. The fourth-order valence-corrected chi connectivity index (χ4v) is 6.77. The molecule has 7 aromatic rings. The molecule has 49 heavy (non-hydrogen) atoms. The number of hydrogen-bond donors (Lipinski definition) is 0. The van der Waals surface area contributed by atoms with Crippen molar-refractivity contribution in [3.8, 4) is 34.1 Å². The first-order chi connectivity index (χ1) is 23.4. The van der Waals surface area contributed by atoms with E-state index in [1.54, 1.807) is 0 Å². The molecule has 0 aliphatic heterocycles. The van der Waals surface area contributed by atoms with Gasteiger partial charge in [-0.2, -0.15) is 5.10 Å². The van der Waals surface area contributed by atoms with E-state index in [9.17, 15) is 0 Å². The van der Waals surface area contributed by atoms with E-state index in [1.807, 2.05) is 29.1 Å². The van der Waals surface area contributed by atoms with E-state index in [1.165, 1.54) is 27.5 Å². The zero-order valence-electron chi connectivity index (χ0n) is 30.0. The Morgan fingerprint density at radius 1 is 0.694 bits per heavy atom. The largest absolute Gasteiger partial charge is 0.457 e. The van der Waals surface area contributed by atoms with Gasteiger partial charge in [0.1, 0.15) is 17.3 Å². The van der Waals surface area contributed by atoms with Crippen LogP contribution in [0.1, 0.15) is 70.5 Å². The Kier molecular flexibility index (Phi) is 8.18. The first-order valence-electron chi connectivity index (χ1n) is 17.3. The molecule has 5 heteroatoms. The highest BCUT2D eigenvalue weighted by molar-refractivity contribution is 6.09. The molecule has 0 radical (unpaired) electrons. The summed E-state index contributed by atoms with van der Waals surface area (Å²) in [6.45, 7) is 17.8. The van der Waals surface area contributed by atoms with Crippen molar-refractivity contribution < 1.29 is 4.74 Å². The predicted octanol–water partition coefficient (Wildman–Crippen LogP) is 11.7. The number of pyridine rings is 1. The van der Waals surface area contributed by atoms with Crippen molar-refractivity contribution >= 4 is 21.8 Å². The van der Waals surface area contributed by atoms with Gasteiger partial charge >= 0.3 is 0 Å². The highest BCUT2D eigenvalue weighted by Gasteiger charge is 2.20. The van der Waals surface area contributed by atoms with E-state index in [-0.39, 0.29) is 10.8 Å². The van der Waals surface area contributed by atoms with Gasteiger partial charge in [0.15, 0.2) is 0 Å². The number of nitrogens with zero attached hydrogens (tertiary/aromatic N) is 4. The number of ether oxygens (including phenoxy) is 1. The molecule has 0 aliphatic rings. The zero-order chi connectivity index (χ0) is 34.5. The summed E-state index contributed by atoms with van der Waals surface area (Å²) in [5.41, 5.74) is 10.5. The van der Waals surface area contributed by atoms with Gasteiger partial charge in [-0.3, -0.25) is 4.57 Å². The van der Waals surface area contributed by atoms with Crippen molar-refractivity contribution in [2.45, 2.75) is 73.6 Å². The van der Waals surface area contributed by atoms with E-state index in [0.29, 0.717) is 0 Å². The topological polar surface area (TPSA) is 44.9 Å². The van der Waals surface area contributed by atoms with E-state index in [0.717, 1.165) is 63.8 Å². The Morgan fingerprint density at radius 2 is 1.47 bits per heavy atom. The van der Waals surface area contributed by atoms with Crippen LogP contribution in [-0.4, -0.2) is 19.3 Å². The molecule has 3 aromatic heterocycles. The molecule has 0 saturated heterocycles. The van der Waals surface area contributed by atoms with E-state index < -0.39 is 0 Å². The quantitative estimate of drug-likeness (QED) is 0.173. The van der Waals surface area contributed by atoms with Crippen LogP contribution in [0.15, 0.2) is 109 Å². The standard InChI is InChI=1S/C44H46N4O/c1-29-42(32-13-10-9-11-14-32)30(2)48(46-29)34-15-12-16-35(27-34)49-36-18-19-37-38-25-31(21-23-43(3,4)5)17-20-39(38)47(40(37)28-36)41-26-33(22-24-45-41)44(6,7)8/h9-20,22,24-28H,21,23H2,1-8H3. The van der Waals surface area contributed by atoms with Gasteiger partial charge in [0.25, 0.3) is 0 Å². The fraction of sp³-hybridized carbons (Fsp3) is 0.273. The summed E-state index contributed by atoms with van der Waals surface area (Å²) in [6, 6.07) is 36.3. The fourth-order valence-electron chi connectivity index (χ4n) is 6.77. The molecule has 0 spiro atoms. The Labute approximate surface area is 290 Å². The van der Waals surface area contributed by atoms with Gasteiger partial charge in [0.2, 0.25) is 0 Å². The number of benzene rings is 4. The lowest BCUT2D eigenvalue weighted by Crippen LogP contribution is -2.12. The van der Waals surface area contributed by atoms with Crippen molar-refractivity contribution in [1.82, 2.24) is 19.3 Å². The maximum Gasteiger partial charge on any atom is 0.137 e. The van der Waals surface area contributed by atoms with Gasteiger partial charge in [-0.25, -0.2) is 9.67 Å². The van der Waals surface area contributed by atoms with Crippen molar-refractivity contribution in [2.75, 3.05) is 0 Å². The molecule has 0 fully saturated rings. The highest BCUT2D eigenvalue weighted by atomic mass is 16.5. The number of aryl methyl sites for hydroxylation is 2. The molecule has 0 bridgehead atoms. The second-order valence-electron chi connectivity index (χ2n) is 15.5. The molecule has 0 unspecified atom stereocenters. The minimum atomic E-state index is 0.00317. The van der Waals surface area contributed by atoms with Gasteiger partial charge in [-0.05, 0) is 103 Å². The average Bonchev–Trinajstić information content (AvgIpc) is 3.55. The van der Waals surface area contributed by atoms with Crippen molar-refractivity contribution in [3.63, 3.8) is 0 Å². The highest BCUT2D eigenvalue weighted by Crippen LogP contribution is 2.37. The lowest BCUT2D eigenvalue weighted by Gasteiger charge is -2.20. The zero-order valence-corrected chi connectivity index (χ0v) is 30.0. The summed E-state index contributed by atoms with van der Waals surface area (Å²) in [7, 11) is 0. The van der Waals surface area contributed by atoms with Gasteiger partial charge in [0, 0.05) is 40.4 Å². The van der Waals surface area contributed by atoms with Gasteiger partial charge in [0.05, 0.1) is 22.4 Å². The van der Waals surface area contributed by atoms with Crippen LogP contribution < -0.4 is 4.74 Å². The normalized spacial score (nSPS) is 12.2. The monoisotopic (exact) mass is 646 g/mol. The van der Waals surface area contributed by atoms with Gasteiger partial charge < -0.3 is 4.74 Å². The maximum absolute atomic E-state index is 6.60.